The molecule has 3 nitrogen and oxygen atoms in total. The smallest absolute Gasteiger partial charge is 0.124 e. The number of aryl methyl sites for hydroxylation is 1. The van der Waals surface area contributed by atoms with Gasteiger partial charge >= 0.3 is 0 Å². The lowest BCUT2D eigenvalue weighted by atomic mass is 10.0. The minimum atomic E-state index is 0.494. The standard InChI is InChI=1S/C13H21N3/c1-10(2)12-9-13(16(3)15-12)14-11-7-5-4-6-8-11/h4-5,9-11,14H,6-8H2,1-3H3. The molecule has 16 heavy (non-hydrogen) atoms. The maximum Gasteiger partial charge on any atom is 0.124 e. The first kappa shape index (κ1) is 11.2. The third-order valence-electron chi connectivity index (χ3n) is 3.11. The Bertz CT molecular complexity index is 377. The molecule has 0 saturated carbocycles. The summed E-state index contributed by atoms with van der Waals surface area (Å²) < 4.78 is 1.95. The Morgan fingerprint density at radius 2 is 2.25 bits per heavy atom. The zero-order valence-electron chi connectivity index (χ0n) is 10.4. The number of hydrogen-bond acceptors (Lipinski definition) is 2. The number of allylic oxidation sites excluding steroid dienone is 1. The molecule has 1 aromatic rings. The average Bonchev–Trinajstić information content (AvgIpc) is 2.62. The number of rotatable bonds is 3. The van der Waals surface area contributed by atoms with Gasteiger partial charge in [0.2, 0.25) is 0 Å². The molecule has 1 N–H and O–H groups in total. The van der Waals surface area contributed by atoms with Crippen LogP contribution < -0.4 is 5.32 Å². The second-order valence-electron chi connectivity index (χ2n) is 4.86. The summed E-state index contributed by atoms with van der Waals surface area (Å²) in [6.45, 7) is 4.35. The first-order valence-corrected chi connectivity index (χ1v) is 6.12. The van der Waals surface area contributed by atoms with Gasteiger partial charge in [0.25, 0.3) is 0 Å². The van der Waals surface area contributed by atoms with E-state index in [0.29, 0.717) is 12.0 Å². The molecular formula is C13H21N3. The Labute approximate surface area is 97.5 Å². The monoisotopic (exact) mass is 219 g/mol. The zero-order chi connectivity index (χ0) is 11.5. The molecule has 0 radical (unpaired) electrons. The predicted octanol–water partition coefficient (Wildman–Crippen LogP) is 3.06. The summed E-state index contributed by atoms with van der Waals surface area (Å²) in [5.41, 5.74) is 1.16. The molecule has 1 atom stereocenters. The van der Waals surface area contributed by atoms with Gasteiger partial charge in [-0.3, -0.25) is 4.68 Å². The van der Waals surface area contributed by atoms with E-state index in [0.717, 1.165) is 17.9 Å². The van der Waals surface area contributed by atoms with Crippen LogP contribution in [0.15, 0.2) is 18.2 Å². The van der Waals surface area contributed by atoms with Gasteiger partial charge in [0, 0.05) is 19.2 Å². The molecule has 0 amide bonds. The molecular weight excluding hydrogens is 198 g/mol. The normalized spacial score (nSPS) is 20.4. The minimum Gasteiger partial charge on any atom is -0.367 e. The molecule has 0 fully saturated rings. The van der Waals surface area contributed by atoms with E-state index in [2.05, 4.69) is 42.5 Å². The molecule has 0 saturated heterocycles. The van der Waals surface area contributed by atoms with Crippen molar-refractivity contribution in [2.45, 2.75) is 45.1 Å². The van der Waals surface area contributed by atoms with Crippen LogP contribution in [-0.2, 0) is 7.05 Å². The quantitative estimate of drug-likeness (QED) is 0.792. The average molecular weight is 219 g/mol. The van der Waals surface area contributed by atoms with Gasteiger partial charge in [0.1, 0.15) is 5.82 Å². The second kappa shape index (κ2) is 4.73. The number of nitrogens with zero attached hydrogens (tertiary/aromatic N) is 2. The minimum absolute atomic E-state index is 0.494. The fourth-order valence-electron chi connectivity index (χ4n) is 2.04. The van der Waals surface area contributed by atoms with Crippen molar-refractivity contribution < 1.29 is 0 Å². The van der Waals surface area contributed by atoms with E-state index in [1.807, 2.05) is 11.7 Å². The van der Waals surface area contributed by atoms with E-state index < -0.39 is 0 Å². The van der Waals surface area contributed by atoms with Gasteiger partial charge in [-0.2, -0.15) is 5.10 Å². The molecule has 0 bridgehead atoms. The van der Waals surface area contributed by atoms with E-state index in [-0.39, 0.29) is 0 Å². The number of aromatic nitrogens is 2. The molecule has 1 heterocycles. The first-order valence-electron chi connectivity index (χ1n) is 6.12. The van der Waals surface area contributed by atoms with Gasteiger partial charge in [-0.05, 0) is 25.2 Å². The summed E-state index contributed by atoms with van der Waals surface area (Å²) in [7, 11) is 2.01. The maximum absolute atomic E-state index is 4.51. The summed E-state index contributed by atoms with van der Waals surface area (Å²) in [6, 6.07) is 2.74. The fraction of sp³-hybridized carbons (Fsp3) is 0.615. The summed E-state index contributed by atoms with van der Waals surface area (Å²) in [5, 5.41) is 8.09. The third kappa shape index (κ3) is 2.46. The van der Waals surface area contributed by atoms with Crippen LogP contribution in [0.2, 0.25) is 0 Å². The topological polar surface area (TPSA) is 29.9 Å². The highest BCUT2D eigenvalue weighted by Crippen LogP contribution is 2.20. The summed E-state index contributed by atoms with van der Waals surface area (Å²) >= 11 is 0. The van der Waals surface area contributed by atoms with Crippen molar-refractivity contribution in [1.29, 1.82) is 0 Å². The van der Waals surface area contributed by atoms with Gasteiger partial charge < -0.3 is 5.32 Å². The van der Waals surface area contributed by atoms with E-state index >= 15 is 0 Å². The SMILES string of the molecule is CC(C)c1cc(NC2CC=CCC2)n(C)n1. The molecule has 1 unspecified atom stereocenters. The maximum atomic E-state index is 4.51. The molecule has 0 spiro atoms. The number of hydrogen-bond donors (Lipinski definition) is 1. The van der Waals surface area contributed by atoms with Crippen LogP contribution in [-0.4, -0.2) is 15.8 Å². The highest BCUT2D eigenvalue weighted by atomic mass is 15.3. The Hall–Kier alpha value is -1.25. The highest BCUT2D eigenvalue weighted by molar-refractivity contribution is 5.39. The third-order valence-corrected chi connectivity index (χ3v) is 3.11. The summed E-state index contributed by atoms with van der Waals surface area (Å²) in [6.07, 6.45) is 8.06. The van der Waals surface area contributed by atoms with Crippen LogP contribution in [0.25, 0.3) is 0 Å². The Kier molecular flexibility index (Phi) is 3.32. The van der Waals surface area contributed by atoms with E-state index in [9.17, 15) is 0 Å². The van der Waals surface area contributed by atoms with Crippen molar-refractivity contribution in [3.63, 3.8) is 0 Å². The van der Waals surface area contributed by atoms with Crippen molar-refractivity contribution >= 4 is 5.82 Å². The van der Waals surface area contributed by atoms with Crippen molar-refractivity contribution in [3.05, 3.63) is 23.9 Å². The van der Waals surface area contributed by atoms with Gasteiger partial charge in [-0.25, -0.2) is 0 Å². The Morgan fingerprint density at radius 1 is 1.44 bits per heavy atom. The molecule has 1 aromatic heterocycles. The molecule has 0 aliphatic heterocycles. The van der Waals surface area contributed by atoms with Gasteiger partial charge in [-0.1, -0.05) is 26.0 Å². The molecule has 88 valence electrons. The molecule has 0 aromatic carbocycles. The molecule has 2 rings (SSSR count). The van der Waals surface area contributed by atoms with Crippen LogP contribution in [0, 0.1) is 0 Å². The Balaban J connectivity index is 2.06. The Morgan fingerprint density at radius 3 is 2.81 bits per heavy atom. The number of anilines is 1. The first-order chi connectivity index (χ1) is 7.66. The van der Waals surface area contributed by atoms with Crippen LogP contribution in [0.5, 0.6) is 0 Å². The lowest BCUT2D eigenvalue weighted by Gasteiger charge is -2.20. The van der Waals surface area contributed by atoms with Gasteiger partial charge in [-0.15, -0.1) is 0 Å². The zero-order valence-corrected chi connectivity index (χ0v) is 10.4. The number of nitrogens with one attached hydrogen (secondary N) is 1. The molecule has 1 aliphatic rings. The van der Waals surface area contributed by atoms with Crippen molar-refractivity contribution in [2.75, 3.05) is 5.32 Å². The van der Waals surface area contributed by atoms with Crippen LogP contribution >= 0.6 is 0 Å². The van der Waals surface area contributed by atoms with Crippen LogP contribution in [0.1, 0.15) is 44.7 Å². The fourth-order valence-corrected chi connectivity index (χ4v) is 2.04. The van der Waals surface area contributed by atoms with Crippen molar-refractivity contribution in [2.24, 2.45) is 7.05 Å². The highest BCUT2D eigenvalue weighted by Gasteiger charge is 2.13. The van der Waals surface area contributed by atoms with Gasteiger partial charge in [0.15, 0.2) is 0 Å². The van der Waals surface area contributed by atoms with Crippen molar-refractivity contribution in [1.82, 2.24) is 9.78 Å². The van der Waals surface area contributed by atoms with Crippen LogP contribution in [0.4, 0.5) is 5.82 Å². The largest absolute Gasteiger partial charge is 0.367 e. The summed E-state index contributed by atoms with van der Waals surface area (Å²) in [4.78, 5) is 0. The van der Waals surface area contributed by atoms with Gasteiger partial charge in [0.05, 0.1) is 5.69 Å². The molecule has 3 heteroatoms. The molecule has 1 aliphatic carbocycles. The van der Waals surface area contributed by atoms with Crippen LogP contribution in [0.3, 0.4) is 0 Å². The second-order valence-corrected chi connectivity index (χ2v) is 4.86. The lowest BCUT2D eigenvalue weighted by Crippen LogP contribution is -2.21. The predicted molar refractivity (Wildman–Crippen MR) is 67.7 cm³/mol. The van der Waals surface area contributed by atoms with E-state index in [1.165, 1.54) is 12.8 Å². The lowest BCUT2D eigenvalue weighted by molar-refractivity contribution is 0.629. The van der Waals surface area contributed by atoms with E-state index in [4.69, 9.17) is 0 Å². The van der Waals surface area contributed by atoms with Crippen molar-refractivity contribution in [3.8, 4) is 0 Å². The van der Waals surface area contributed by atoms with E-state index in [1.54, 1.807) is 0 Å². The summed E-state index contributed by atoms with van der Waals surface area (Å²) in [5.74, 6) is 1.64.